The molecule has 0 saturated carbocycles. The monoisotopic (exact) mass is 155 g/mol. The first kappa shape index (κ1) is 11.0. The maximum atomic E-state index is 4.13. The van der Waals surface area contributed by atoms with Gasteiger partial charge in [-0.1, -0.05) is 53.4 Å². The predicted octanol–water partition coefficient (Wildman–Crippen LogP) is 4.06. The Bertz CT molecular complexity index is 76.1. The second-order valence-electron chi connectivity index (χ2n) is 3.57. The molecule has 0 bridgehead atoms. The average molecular weight is 155 g/mol. The molecule has 2 atom stereocenters. The van der Waals surface area contributed by atoms with Crippen molar-refractivity contribution in [2.24, 2.45) is 11.8 Å². The number of rotatable bonds is 6. The zero-order valence-electron chi connectivity index (χ0n) is 8.40. The van der Waals surface area contributed by atoms with Crippen LogP contribution in [-0.2, 0) is 0 Å². The SMILES string of the molecule is [CH2]C(CC)CC(CC)CCC. The van der Waals surface area contributed by atoms with Crippen LogP contribution in [0.5, 0.6) is 0 Å². The van der Waals surface area contributed by atoms with Gasteiger partial charge in [-0.15, -0.1) is 0 Å². The van der Waals surface area contributed by atoms with Gasteiger partial charge >= 0.3 is 0 Å². The highest BCUT2D eigenvalue weighted by molar-refractivity contribution is 4.65. The van der Waals surface area contributed by atoms with Gasteiger partial charge < -0.3 is 0 Å². The van der Waals surface area contributed by atoms with Crippen LogP contribution in [0.4, 0.5) is 0 Å². The van der Waals surface area contributed by atoms with Crippen molar-refractivity contribution in [3.63, 3.8) is 0 Å². The first-order valence-corrected chi connectivity index (χ1v) is 5.07. The molecule has 0 aliphatic carbocycles. The van der Waals surface area contributed by atoms with Crippen molar-refractivity contribution >= 4 is 0 Å². The Morgan fingerprint density at radius 1 is 1.09 bits per heavy atom. The summed E-state index contributed by atoms with van der Waals surface area (Å²) in [5.74, 6) is 1.62. The second kappa shape index (κ2) is 6.69. The highest BCUT2D eigenvalue weighted by Crippen LogP contribution is 2.21. The molecule has 0 aromatic rings. The summed E-state index contributed by atoms with van der Waals surface area (Å²) in [5, 5.41) is 0. The molecule has 0 heterocycles. The van der Waals surface area contributed by atoms with Crippen LogP contribution in [0, 0.1) is 18.8 Å². The van der Waals surface area contributed by atoms with E-state index in [9.17, 15) is 0 Å². The zero-order chi connectivity index (χ0) is 8.69. The van der Waals surface area contributed by atoms with Gasteiger partial charge in [0.2, 0.25) is 0 Å². The fourth-order valence-corrected chi connectivity index (χ4v) is 1.53. The Morgan fingerprint density at radius 3 is 2.09 bits per heavy atom. The lowest BCUT2D eigenvalue weighted by Crippen LogP contribution is -2.04. The normalized spacial score (nSPS) is 16.4. The summed E-state index contributed by atoms with van der Waals surface area (Å²) in [6.07, 6.45) is 6.62. The average Bonchev–Trinajstić information content (AvgIpc) is 2.03. The Labute approximate surface area is 72.4 Å². The lowest BCUT2D eigenvalue weighted by molar-refractivity contribution is 0.371. The third-order valence-corrected chi connectivity index (χ3v) is 2.52. The molecule has 0 aliphatic heterocycles. The van der Waals surface area contributed by atoms with E-state index in [0.717, 1.165) is 5.92 Å². The van der Waals surface area contributed by atoms with Crippen LogP contribution in [0.1, 0.15) is 52.9 Å². The Balaban J connectivity index is 3.49. The van der Waals surface area contributed by atoms with Crippen LogP contribution in [0.15, 0.2) is 0 Å². The van der Waals surface area contributed by atoms with E-state index in [1.807, 2.05) is 0 Å². The van der Waals surface area contributed by atoms with E-state index in [1.54, 1.807) is 0 Å². The molecule has 11 heavy (non-hydrogen) atoms. The molecular formula is C11H23. The van der Waals surface area contributed by atoms with Crippen molar-refractivity contribution in [3.05, 3.63) is 6.92 Å². The first-order valence-electron chi connectivity index (χ1n) is 5.07. The molecule has 1 radical (unpaired) electrons. The molecule has 0 N–H and O–H groups in total. The summed E-state index contributed by atoms with van der Waals surface area (Å²) in [7, 11) is 0. The third-order valence-electron chi connectivity index (χ3n) is 2.52. The van der Waals surface area contributed by atoms with Crippen LogP contribution in [0.3, 0.4) is 0 Å². The molecule has 0 amide bonds. The van der Waals surface area contributed by atoms with E-state index in [0.29, 0.717) is 5.92 Å². The minimum Gasteiger partial charge on any atom is -0.0654 e. The minimum atomic E-state index is 0.687. The summed E-state index contributed by atoms with van der Waals surface area (Å²) >= 11 is 0. The highest BCUT2D eigenvalue weighted by Gasteiger charge is 2.08. The molecule has 0 rings (SSSR count). The fourth-order valence-electron chi connectivity index (χ4n) is 1.53. The summed E-state index contributed by atoms with van der Waals surface area (Å²) < 4.78 is 0. The Hall–Kier alpha value is 0. The summed E-state index contributed by atoms with van der Waals surface area (Å²) in [4.78, 5) is 0. The van der Waals surface area contributed by atoms with Gasteiger partial charge in [0, 0.05) is 0 Å². The van der Waals surface area contributed by atoms with Crippen LogP contribution in [-0.4, -0.2) is 0 Å². The quantitative estimate of drug-likeness (QED) is 0.542. The van der Waals surface area contributed by atoms with Gasteiger partial charge in [-0.2, -0.15) is 0 Å². The molecule has 2 unspecified atom stereocenters. The maximum Gasteiger partial charge on any atom is -0.0414 e. The molecule has 0 nitrogen and oxygen atoms in total. The van der Waals surface area contributed by atoms with Gasteiger partial charge in [-0.3, -0.25) is 0 Å². The molecule has 0 aromatic carbocycles. The Morgan fingerprint density at radius 2 is 1.73 bits per heavy atom. The van der Waals surface area contributed by atoms with E-state index in [-0.39, 0.29) is 0 Å². The van der Waals surface area contributed by atoms with Crippen LogP contribution >= 0.6 is 0 Å². The molecular weight excluding hydrogens is 132 g/mol. The predicted molar refractivity (Wildman–Crippen MR) is 52.4 cm³/mol. The van der Waals surface area contributed by atoms with Gasteiger partial charge in [0.1, 0.15) is 0 Å². The summed E-state index contributed by atoms with van der Waals surface area (Å²) in [6.45, 7) is 10.9. The maximum absolute atomic E-state index is 4.13. The van der Waals surface area contributed by atoms with Crippen molar-refractivity contribution in [1.82, 2.24) is 0 Å². The first-order chi connectivity index (χ1) is 5.24. The van der Waals surface area contributed by atoms with Crippen molar-refractivity contribution < 1.29 is 0 Å². The third kappa shape index (κ3) is 5.29. The number of hydrogen-bond acceptors (Lipinski definition) is 0. The second-order valence-corrected chi connectivity index (χ2v) is 3.57. The van der Waals surface area contributed by atoms with Crippen molar-refractivity contribution in [2.45, 2.75) is 52.9 Å². The lowest BCUT2D eigenvalue weighted by atomic mass is 9.89. The highest BCUT2D eigenvalue weighted by atomic mass is 14.1. The van der Waals surface area contributed by atoms with Crippen LogP contribution in [0.2, 0.25) is 0 Å². The Kier molecular flexibility index (Phi) is 6.69. The van der Waals surface area contributed by atoms with E-state index in [1.165, 1.54) is 32.1 Å². The molecule has 0 saturated heterocycles. The zero-order valence-corrected chi connectivity index (χ0v) is 8.40. The minimum absolute atomic E-state index is 0.687. The van der Waals surface area contributed by atoms with E-state index < -0.39 is 0 Å². The standard InChI is InChI=1S/C11H23/c1-5-8-11(7-3)9-10(4)6-2/h10-11H,4-9H2,1-3H3. The molecule has 0 heteroatoms. The van der Waals surface area contributed by atoms with Gasteiger partial charge in [0.15, 0.2) is 0 Å². The van der Waals surface area contributed by atoms with Crippen molar-refractivity contribution in [1.29, 1.82) is 0 Å². The largest absolute Gasteiger partial charge is 0.0654 e. The van der Waals surface area contributed by atoms with Gasteiger partial charge in [-0.05, 0) is 18.3 Å². The van der Waals surface area contributed by atoms with E-state index >= 15 is 0 Å². The molecule has 0 fully saturated rings. The summed E-state index contributed by atoms with van der Waals surface area (Å²) in [5.41, 5.74) is 0. The molecule has 0 aliphatic rings. The van der Waals surface area contributed by atoms with Gasteiger partial charge in [0.05, 0.1) is 0 Å². The van der Waals surface area contributed by atoms with Crippen LogP contribution < -0.4 is 0 Å². The molecule has 67 valence electrons. The van der Waals surface area contributed by atoms with Crippen molar-refractivity contribution in [3.8, 4) is 0 Å². The lowest BCUT2D eigenvalue weighted by Gasteiger charge is -2.17. The van der Waals surface area contributed by atoms with Gasteiger partial charge in [0.25, 0.3) is 0 Å². The van der Waals surface area contributed by atoms with E-state index in [2.05, 4.69) is 27.7 Å². The summed E-state index contributed by atoms with van der Waals surface area (Å²) in [6, 6.07) is 0. The topological polar surface area (TPSA) is 0 Å². The van der Waals surface area contributed by atoms with E-state index in [4.69, 9.17) is 0 Å². The smallest absolute Gasteiger partial charge is 0.0414 e. The number of hydrogen-bond donors (Lipinski definition) is 0. The fraction of sp³-hybridized carbons (Fsp3) is 0.909. The molecule has 0 spiro atoms. The van der Waals surface area contributed by atoms with Gasteiger partial charge in [-0.25, -0.2) is 0 Å². The molecule has 0 aromatic heterocycles. The van der Waals surface area contributed by atoms with Crippen molar-refractivity contribution in [2.75, 3.05) is 0 Å². The van der Waals surface area contributed by atoms with Crippen LogP contribution in [0.25, 0.3) is 0 Å².